The Kier molecular flexibility index (Phi) is 2.39. The molecular formula is C12H16N2O. The smallest absolute Gasteiger partial charge is 0.223 e. The van der Waals surface area contributed by atoms with E-state index in [-0.39, 0.29) is 5.91 Å². The lowest BCUT2D eigenvalue weighted by molar-refractivity contribution is -0.126. The Hall–Kier alpha value is -1.51. The van der Waals surface area contributed by atoms with Gasteiger partial charge in [0.1, 0.15) is 0 Å². The maximum absolute atomic E-state index is 11.4. The molecule has 0 aliphatic carbocycles. The van der Waals surface area contributed by atoms with Crippen LogP contribution < -0.4 is 5.73 Å². The van der Waals surface area contributed by atoms with Crippen LogP contribution in [-0.2, 0) is 4.79 Å². The molecule has 1 atom stereocenters. The molecule has 1 fully saturated rings. The number of likely N-dealkylation sites (N-methyl/N-ethyl adjacent to an activating group) is 1. The minimum atomic E-state index is 0.222. The molecule has 1 aromatic rings. The van der Waals surface area contributed by atoms with E-state index >= 15 is 0 Å². The minimum Gasteiger partial charge on any atom is -0.399 e. The second kappa shape index (κ2) is 3.57. The molecular weight excluding hydrogens is 188 g/mol. The fourth-order valence-electron chi connectivity index (χ4n) is 2.17. The van der Waals surface area contributed by atoms with Gasteiger partial charge in [-0.15, -0.1) is 0 Å². The minimum absolute atomic E-state index is 0.222. The number of nitrogens with zero attached hydrogens (tertiary/aromatic N) is 1. The van der Waals surface area contributed by atoms with Gasteiger partial charge in [0, 0.05) is 31.6 Å². The van der Waals surface area contributed by atoms with Crippen molar-refractivity contribution in [2.45, 2.75) is 19.3 Å². The van der Waals surface area contributed by atoms with E-state index in [1.54, 1.807) is 4.90 Å². The number of carbonyl (C=O) groups excluding carboxylic acids is 1. The number of aryl methyl sites for hydroxylation is 1. The van der Waals surface area contributed by atoms with Crippen molar-refractivity contribution in [2.24, 2.45) is 0 Å². The molecule has 0 saturated carbocycles. The van der Waals surface area contributed by atoms with E-state index in [4.69, 9.17) is 5.73 Å². The van der Waals surface area contributed by atoms with Crippen LogP contribution in [0, 0.1) is 6.92 Å². The highest BCUT2D eigenvalue weighted by atomic mass is 16.2. The van der Waals surface area contributed by atoms with Crippen LogP contribution in [0.4, 0.5) is 5.69 Å². The van der Waals surface area contributed by atoms with Crippen molar-refractivity contribution in [3.8, 4) is 0 Å². The van der Waals surface area contributed by atoms with E-state index in [2.05, 4.69) is 6.07 Å². The first-order chi connectivity index (χ1) is 7.06. The summed E-state index contributed by atoms with van der Waals surface area (Å²) in [5, 5.41) is 0. The summed E-state index contributed by atoms with van der Waals surface area (Å²) in [4.78, 5) is 13.2. The third kappa shape index (κ3) is 1.96. The van der Waals surface area contributed by atoms with E-state index in [0.29, 0.717) is 12.3 Å². The van der Waals surface area contributed by atoms with Gasteiger partial charge in [-0.05, 0) is 30.2 Å². The van der Waals surface area contributed by atoms with Gasteiger partial charge in [-0.1, -0.05) is 6.07 Å². The van der Waals surface area contributed by atoms with Gasteiger partial charge in [-0.3, -0.25) is 4.79 Å². The molecule has 80 valence electrons. The average molecular weight is 204 g/mol. The van der Waals surface area contributed by atoms with Crippen LogP contribution in [0.5, 0.6) is 0 Å². The second-order valence-corrected chi connectivity index (χ2v) is 4.35. The molecule has 2 N–H and O–H groups in total. The lowest BCUT2D eigenvalue weighted by Gasteiger charge is -2.12. The van der Waals surface area contributed by atoms with Gasteiger partial charge in [-0.25, -0.2) is 0 Å². The number of rotatable bonds is 1. The van der Waals surface area contributed by atoms with Crippen molar-refractivity contribution < 1.29 is 4.79 Å². The summed E-state index contributed by atoms with van der Waals surface area (Å²) < 4.78 is 0. The van der Waals surface area contributed by atoms with E-state index in [1.165, 1.54) is 5.56 Å². The summed E-state index contributed by atoms with van der Waals surface area (Å²) >= 11 is 0. The summed E-state index contributed by atoms with van der Waals surface area (Å²) in [5.74, 6) is 0.532. The van der Waals surface area contributed by atoms with Crippen molar-refractivity contribution in [3.63, 3.8) is 0 Å². The first kappa shape index (κ1) is 10.0. The SMILES string of the molecule is Cc1cc(N)cc(C2CC(=O)N(C)C2)c1. The molecule has 0 bridgehead atoms. The quantitative estimate of drug-likeness (QED) is 0.705. The predicted octanol–water partition coefficient (Wildman–Crippen LogP) is 1.52. The summed E-state index contributed by atoms with van der Waals surface area (Å²) in [7, 11) is 1.85. The van der Waals surface area contributed by atoms with Crippen molar-refractivity contribution in [1.29, 1.82) is 0 Å². The third-order valence-corrected chi connectivity index (χ3v) is 2.93. The number of nitrogen functional groups attached to an aromatic ring is 1. The highest BCUT2D eigenvalue weighted by Crippen LogP contribution is 2.28. The molecule has 0 spiro atoms. The number of carbonyl (C=O) groups is 1. The summed E-state index contributed by atoms with van der Waals surface area (Å²) in [6.45, 7) is 2.84. The summed E-state index contributed by atoms with van der Waals surface area (Å²) in [6.07, 6.45) is 0.611. The van der Waals surface area contributed by atoms with Crippen LogP contribution in [0.2, 0.25) is 0 Å². The highest BCUT2D eigenvalue weighted by Gasteiger charge is 2.27. The first-order valence-electron chi connectivity index (χ1n) is 5.17. The maximum Gasteiger partial charge on any atom is 0.223 e. The second-order valence-electron chi connectivity index (χ2n) is 4.35. The zero-order valence-electron chi connectivity index (χ0n) is 9.16. The Labute approximate surface area is 89.9 Å². The van der Waals surface area contributed by atoms with Gasteiger partial charge in [0.2, 0.25) is 5.91 Å². The van der Waals surface area contributed by atoms with Crippen molar-refractivity contribution in [3.05, 3.63) is 29.3 Å². The third-order valence-electron chi connectivity index (χ3n) is 2.93. The highest BCUT2D eigenvalue weighted by molar-refractivity contribution is 5.79. The molecule has 1 aliphatic rings. The largest absolute Gasteiger partial charge is 0.399 e. The van der Waals surface area contributed by atoms with Crippen LogP contribution >= 0.6 is 0 Å². The normalized spacial score (nSPS) is 21.1. The molecule has 0 aromatic heterocycles. The van der Waals surface area contributed by atoms with E-state index in [1.807, 2.05) is 26.1 Å². The standard InChI is InChI=1S/C12H16N2O/c1-8-3-9(5-11(13)4-8)10-6-12(15)14(2)7-10/h3-5,10H,6-7,13H2,1-2H3. The molecule has 3 heteroatoms. The zero-order chi connectivity index (χ0) is 11.0. The van der Waals surface area contributed by atoms with Gasteiger partial charge < -0.3 is 10.6 Å². The Morgan fingerprint density at radius 3 is 2.67 bits per heavy atom. The van der Waals surface area contributed by atoms with Gasteiger partial charge in [-0.2, -0.15) is 0 Å². The summed E-state index contributed by atoms with van der Waals surface area (Å²) in [6, 6.07) is 6.04. The summed E-state index contributed by atoms with van der Waals surface area (Å²) in [5.41, 5.74) is 8.93. The lowest BCUT2D eigenvalue weighted by atomic mass is 9.96. The Bertz CT molecular complexity index is 380. The van der Waals surface area contributed by atoms with Crippen LogP contribution in [0.25, 0.3) is 0 Å². The molecule has 0 radical (unpaired) electrons. The molecule has 1 aliphatic heterocycles. The monoisotopic (exact) mass is 204 g/mol. The zero-order valence-corrected chi connectivity index (χ0v) is 9.16. The van der Waals surface area contributed by atoms with Gasteiger partial charge in [0.05, 0.1) is 0 Å². The number of nitrogens with two attached hydrogens (primary N) is 1. The number of benzene rings is 1. The predicted molar refractivity (Wildman–Crippen MR) is 60.6 cm³/mol. The Morgan fingerprint density at radius 1 is 1.40 bits per heavy atom. The molecule has 1 saturated heterocycles. The van der Waals surface area contributed by atoms with E-state index in [9.17, 15) is 4.79 Å². The molecule has 1 aromatic carbocycles. The number of anilines is 1. The van der Waals surface area contributed by atoms with Crippen molar-refractivity contribution in [1.82, 2.24) is 4.90 Å². The van der Waals surface area contributed by atoms with Gasteiger partial charge in [0.15, 0.2) is 0 Å². The van der Waals surface area contributed by atoms with E-state index in [0.717, 1.165) is 17.8 Å². The number of amides is 1. The fourth-order valence-corrected chi connectivity index (χ4v) is 2.17. The lowest BCUT2D eigenvalue weighted by Crippen LogP contribution is -2.18. The number of hydrogen-bond donors (Lipinski definition) is 1. The van der Waals surface area contributed by atoms with Crippen LogP contribution in [-0.4, -0.2) is 24.4 Å². The fraction of sp³-hybridized carbons (Fsp3) is 0.417. The van der Waals surface area contributed by atoms with Gasteiger partial charge >= 0.3 is 0 Å². The van der Waals surface area contributed by atoms with Crippen molar-refractivity contribution >= 4 is 11.6 Å². The van der Waals surface area contributed by atoms with E-state index < -0.39 is 0 Å². The molecule has 2 rings (SSSR count). The first-order valence-corrected chi connectivity index (χ1v) is 5.17. The van der Waals surface area contributed by atoms with Crippen LogP contribution in [0.1, 0.15) is 23.5 Å². The Morgan fingerprint density at radius 2 is 2.13 bits per heavy atom. The average Bonchev–Trinajstić information content (AvgIpc) is 2.45. The molecule has 1 heterocycles. The number of likely N-dealkylation sites (tertiary alicyclic amines) is 1. The Balaban J connectivity index is 2.27. The molecule has 15 heavy (non-hydrogen) atoms. The van der Waals surface area contributed by atoms with Crippen LogP contribution in [0.3, 0.4) is 0 Å². The molecule has 3 nitrogen and oxygen atoms in total. The molecule has 1 amide bonds. The topological polar surface area (TPSA) is 46.3 Å². The maximum atomic E-state index is 11.4. The molecule has 1 unspecified atom stereocenters. The number of hydrogen-bond acceptors (Lipinski definition) is 2. The van der Waals surface area contributed by atoms with Crippen LogP contribution in [0.15, 0.2) is 18.2 Å². The van der Waals surface area contributed by atoms with Gasteiger partial charge in [0.25, 0.3) is 0 Å². The van der Waals surface area contributed by atoms with Crippen molar-refractivity contribution in [2.75, 3.05) is 19.3 Å².